The fourth-order valence-corrected chi connectivity index (χ4v) is 1.69. The van der Waals surface area contributed by atoms with Gasteiger partial charge in [-0.05, 0) is 18.6 Å². The predicted octanol–water partition coefficient (Wildman–Crippen LogP) is 2.20. The van der Waals surface area contributed by atoms with Gasteiger partial charge in [-0.3, -0.25) is 0 Å². The van der Waals surface area contributed by atoms with Crippen molar-refractivity contribution in [3.63, 3.8) is 0 Å². The predicted molar refractivity (Wildman–Crippen MR) is 69.9 cm³/mol. The maximum atomic E-state index is 9.08. The van der Waals surface area contributed by atoms with E-state index in [2.05, 4.69) is 10.3 Å². The molecule has 4 nitrogen and oxygen atoms in total. The van der Waals surface area contributed by atoms with Crippen molar-refractivity contribution in [3.8, 4) is 11.5 Å². The molecule has 0 aliphatic rings. The maximum absolute atomic E-state index is 9.08. The Kier molecular flexibility index (Phi) is 4.50. The van der Waals surface area contributed by atoms with Gasteiger partial charge >= 0.3 is 0 Å². The van der Waals surface area contributed by atoms with Crippen LogP contribution in [-0.4, -0.2) is 22.7 Å². The van der Waals surface area contributed by atoms with Crippen molar-refractivity contribution in [2.24, 2.45) is 0 Å². The summed E-state index contributed by atoms with van der Waals surface area (Å²) < 4.78 is 5.44. The van der Waals surface area contributed by atoms with Crippen LogP contribution in [0.2, 0.25) is 0 Å². The minimum absolute atomic E-state index is 0.113. The molecule has 0 aliphatic heterocycles. The number of aliphatic hydroxyl groups is 1. The molecular formula is C14H18N2O2. The lowest BCUT2D eigenvalue weighted by Gasteiger charge is -2.11. The second-order valence-corrected chi connectivity index (χ2v) is 4.18. The summed E-state index contributed by atoms with van der Waals surface area (Å²) in [6, 6.07) is 9.91. The van der Waals surface area contributed by atoms with E-state index in [0.717, 1.165) is 17.7 Å². The number of hydrogen-bond acceptors (Lipinski definition) is 4. The molecule has 0 saturated heterocycles. The van der Waals surface area contributed by atoms with E-state index >= 15 is 0 Å². The maximum Gasteiger partial charge on any atom is 0.226 e. The van der Waals surface area contributed by atoms with Crippen LogP contribution in [0, 0.1) is 0 Å². The van der Waals surface area contributed by atoms with Crippen molar-refractivity contribution in [2.45, 2.75) is 25.9 Å². The molecule has 0 radical (unpaired) electrons. The highest BCUT2D eigenvalue weighted by Crippen LogP contribution is 2.17. The van der Waals surface area contributed by atoms with Crippen LogP contribution in [-0.2, 0) is 6.54 Å². The second kappa shape index (κ2) is 6.33. The van der Waals surface area contributed by atoms with E-state index in [9.17, 15) is 0 Å². The van der Waals surface area contributed by atoms with Gasteiger partial charge < -0.3 is 14.8 Å². The average molecular weight is 246 g/mol. The number of benzene rings is 1. The molecule has 0 bridgehead atoms. The van der Waals surface area contributed by atoms with Gasteiger partial charge in [-0.2, -0.15) is 0 Å². The summed E-state index contributed by atoms with van der Waals surface area (Å²) >= 11 is 0. The Balaban J connectivity index is 1.98. The SMILES string of the molecule is CCC(CO)NCc1coc(-c2ccccc2)n1. The van der Waals surface area contributed by atoms with E-state index in [-0.39, 0.29) is 12.6 Å². The molecule has 0 aliphatic carbocycles. The van der Waals surface area contributed by atoms with E-state index in [1.807, 2.05) is 37.3 Å². The summed E-state index contributed by atoms with van der Waals surface area (Å²) in [6.45, 7) is 2.78. The van der Waals surface area contributed by atoms with Gasteiger partial charge in [-0.15, -0.1) is 0 Å². The van der Waals surface area contributed by atoms with E-state index in [1.54, 1.807) is 6.26 Å². The summed E-state index contributed by atoms with van der Waals surface area (Å²) in [5.41, 5.74) is 1.82. The van der Waals surface area contributed by atoms with Crippen LogP contribution >= 0.6 is 0 Å². The molecular weight excluding hydrogens is 228 g/mol. The first kappa shape index (κ1) is 12.8. The van der Waals surface area contributed by atoms with Crippen molar-refractivity contribution >= 4 is 0 Å². The van der Waals surface area contributed by atoms with Crippen LogP contribution < -0.4 is 5.32 Å². The minimum Gasteiger partial charge on any atom is -0.444 e. The summed E-state index contributed by atoms with van der Waals surface area (Å²) in [6.07, 6.45) is 2.54. The molecule has 0 amide bonds. The zero-order valence-corrected chi connectivity index (χ0v) is 10.5. The van der Waals surface area contributed by atoms with Gasteiger partial charge in [0.05, 0.1) is 12.3 Å². The van der Waals surface area contributed by atoms with Gasteiger partial charge in [0.15, 0.2) is 0 Å². The highest BCUT2D eigenvalue weighted by molar-refractivity contribution is 5.52. The van der Waals surface area contributed by atoms with Crippen LogP contribution in [0.25, 0.3) is 11.5 Å². The number of nitrogens with zero attached hydrogens (tertiary/aromatic N) is 1. The Bertz CT molecular complexity index is 464. The Morgan fingerprint density at radius 3 is 2.78 bits per heavy atom. The van der Waals surface area contributed by atoms with Crippen molar-refractivity contribution in [2.75, 3.05) is 6.61 Å². The molecule has 0 spiro atoms. The van der Waals surface area contributed by atoms with E-state index in [1.165, 1.54) is 0 Å². The molecule has 1 aromatic carbocycles. The zero-order valence-electron chi connectivity index (χ0n) is 10.5. The van der Waals surface area contributed by atoms with Crippen molar-refractivity contribution in [3.05, 3.63) is 42.3 Å². The van der Waals surface area contributed by atoms with Crippen LogP contribution in [0.4, 0.5) is 0 Å². The largest absolute Gasteiger partial charge is 0.444 e. The molecule has 0 saturated carbocycles. The van der Waals surface area contributed by atoms with E-state index in [0.29, 0.717) is 12.4 Å². The molecule has 1 atom stereocenters. The molecule has 2 rings (SSSR count). The Morgan fingerprint density at radius 1 is 1.33 bits per heavy atom. The monoisotopic (exact) mass is 246 g/mol. The summed E-state index contributed by atoms with van der Waals surface area (Å²) in [5, 5.41) is 12.3. The highest BCUT2D eigenvalue weighted by atomic mass is 16.3. The molecule has 18 heavy (non-hydrogen) atoms. The number of aromatic nitrogens is 1. The number of rotatable bonds is 6. The van der Waals surface area contributed by atoms with Crippen molar-refractivity contribution < 1.29 is 9.52 Å². The molecule has 4 heteroatoms. The Hall–Kier alpha value is -1.65. The minimum atomic E-state index is 0.113. The topological polar surface area (TPSA) is 58.3 Å². The molecule has 1 aromatic heterocycles. The summed E-state index contributed by atoms with van der Waals surface area (Å²) in [5.74, 6) is 0.629. The third-order valence-corrected chi connectivity index (χ3v) is 2.86. The quantitative estimate of drug-likeness (QED) is 0.820. The molecule has 1 heterocycles. The van der Waals surface area contributed by atoms with Gasteiger partial charge in [0.1, 0.15) is 6.26 Å². The fourth-order valence-electron chi connectivity index (χ4n) is 1.69. The lowest BCUT2D eigenvalue weighted by Crippen LogP contribution is -2.31. The Labute approximate surface area is 107 Å². The molecule has 1 unspecified atom stereocenters. The zero-order chi connectivity index (χ0) is 12.8. The van der Waals surface area contributed by atoms with Crippen molar-refractivity contribution in [1.82, 2.24) is 10.3 Å². The highest BCUT2D eigenvalue weighted by Gasteiger charge is 2.08. The molecule has 0 fully saturated rings. The lowest BCUT2D eigenvalue weighted by molar-refractivity contribution is 0.238. The Morgan fingerprint density at radius 2 is 2.11 bits per heavy atom. The lowest BCUT2D eigenvalue weighted by atomic mass is 10.2. The van der Waals surface area contributed by atoms with Gasteiger partial charge in [-0.25, -0.2) is 4.98 Å². The van der Waals surface area contributed by atoms with Crippen LogP contribution in [0.15, 0.2) is 41.0 Å². The number of nitrogens with one attached hydrogen (secondary N) is 1. The number of oxazole rings is 1. The standard InChI is InChI=1S/C14H18N2O2/c1-2-12(9-17)15-8-13-10-18-14(16-13)11-6-4-3-5-7-11/h3-7,10,12,15,17H,2,8-9H2,1H3. The average Bonchev–Trinajstić information content (AvgIpc) is 2.90. The van der Waals surface area contributed by atoms with Gasteiger partial charge in [-0.1, -0.05) is 25.1 Å². The van der Waals surface area contributed by atoms with E-state index < -0.39 is 0 Å². The first-order valence-corrected chi connectivity index (χ1v) is 6.17. The van der Waals surface area contributed by atoms with E-state index in [4.69, 9.17) is 9.52 Å². The first-order valence-electron chi connectivity index (χ1n) is 6.17. The van der Waals surface area contributed by atoms with Crippen LogP contribution in [0.5, 0.6) is 0 Å². The number of hydrogen-bond donors (Lipinski definition) is 2. The van der Waals surface area contributed by atoms with Gasteiger partial charge in [0, 0.05) is 18.2 Å². The van der Waals surface area contributed by atoms with Crippen LogP contribution in [0.3, 0.4) is 0 Å². The third-order valence-electron chi connectivity index (χ3n) is 2.86. The molecule has 96 valence electrons. The number of aliphatic hydroxyl groups excluding tert-OH is 1. The first-order chi connectivity index (χ1) is 8.83. The summed E-state index contributed by atoms with van der Waals surface area (Å²) in [7, 11) is 0. The molecule has 2 N–H and O–H groups in total. The molecule has 2 aromatic rings. The second-order valence-electron chi connectivity index (χ2n) is 4.18. The fraction of sp³-hybridized carbons (Fsp3) is 0.357. The van der Waals surface area contributed by atoms with Crippen LogP contribution in [0.1, 0.15) is 19.0 Å². The third kappa shape index (κ3) is 3.18. The smallest absolute Gasteiger partial charge is 0.226 e. The summed E-state index contributed by atoms with van der Waals surface area (Å²) in [4.78, 5) is 4.41. The van der Waals surface area contributed by atoms with Gasteiger partial charge in [0.25, 0.3) is 0 Å². The van der Waals surface area contributed by atoms with Gasteiger partial charge in [0.2, 0.25) is 5.89 Å². The van der Waals surface area contributed by atoms with Crippen molar-refractivity contribution in [1.29, 1.82) is 0 Å². The normalized spacial score (nSPS) is 12.6.